The summed E-state index contributed by atoms with van der Waals surface area (Å²) < 4.78 is 0. The van der Waals surface area contributed by atoms with Crippen LogP contribution in [0.2, 0.25) is 0 Å². The zero-order chi connectivity index (χ0) is 10.8. The fourth-order valence-electron chi connectivity index (χ4n) is 1.81. The second-order valence-electron chi connectivity index (χ2n) is 3.42. The minimum absolute atomic E-state index is 0.0202. The molecule has 15 heavy (non-hydrogen) atoms. The van der Waals surface area contributed by atoms with Gasteiger partial charge in [0, 0.05) is 29.8 Å². The molecule has 0 atom stereocenters. The lowest BCUT2D eigenvalue weighted by atomic mass is 10.1. The lowest BCUT2D eigenvalue weighted by molar-refractivity contribution is -0.116. The van der Waals surface area contributed by atoms with E-state index in [1.54, 1.807) is 17.0 Å². The quantitative estimate of drug-likeness (QED) is 0.392. The Labute approximate surface area is 86.9 Å². The Bertz CT molecular complexity index is 462. The van der Waals surface area contributed by atoms with Crippen LogP contribution in [-0.2, 0) is 11.2 Å². The third-order valence-corrected chi connectivity index (χ3v) is 2.50. The molecule has 0 aliphatic carbocycles. The molecule has 5 nitrogen and oxygen atoms in total. The van der Waals surface area contributed by atoms with Gasteiger partial charge >= 0.3 is 0 Å². The van der Waals surface area contributed by atoms with E-state index < -0.39 is 0 Å². The average Bonchev–Trinajstić information content (AvgIpc) is 2.61. The number of hydrogen-bond acceptors (Lipinski definition) is 2. The maximum Gasteiger partial charge on any atom is 0.223 e. The Morgan fingerprint density at radius 1 is 1.60 bits per heavy atom. The number of carbonyl (C=O) groups is 1. The van der Waals surface area contributed by atoms with Crippen molar-refractivity contribution in [2.75, 3.05) is 11.4 Å². The number of nitrogens with zero attached hydrogens (tertiary/aromatic N) is 4. The monoisotopic (exact) mass is 202 g/mol. The maximum absolute atomic E-state index is 11.3. The first-order valence-electron chi connectivity index (χ1n) is 4.68. The largest absolute Gasteiger partial charge is 0.312 e. The predicted octanol–water partition coefficient (Wildman–Crippen LogP) is 2.54. The molecule has 0 unspecified atom stereocenters. The normalized spacial score (nSPS) is 13.3. The first kappa shape index (κ1) is 9.55. The van der Waals surface area contributed by atoms with Crippen molar-refractivity contribution in [2.24, 2.45) is 5.11 Å². The molecule has 1 aliphatic rings. The van der Waals surface area contributed by atoms with Gasteiger partial charge in [-0.1, -0.05) is 17.2 Å². The highest BCUT2D eigenvalue weighted by atomic mass is 16.2. The fourth-order valence-corrected chi connectivity index (χ4v) is 1.81. The molecule has 2 rings (SSSR count). The van der Waals surface area contributed by atoms with E-state index in [9.17, 15) is 4.79 Å². The SMILES string of the molecule is CC(=O)N1CCc2ccc(N=[N+]=[N-])cc21. The molecule has 1 heterocycles. The zero-order valence-electron chi connectivity index (χ0n) is 8.34. The molecule has 1 aliphatic heterocycles. The lowest BCUT2D eigenvalue weighted by Gasteiger charge is -2.14. The van der Waals surface area contributed by atoms with Crippen molar-refractivity contribution >= 4 is 17.3 Å². The van der Waals surface area contributed by atoms with Gasteiger partial charge in [-0.15, -0.1) is 0 Å². The summed E-state index contributed by atoms with van der Waals surface area (Å²) in [6.45, 7) is 2.25. The predicted molar refractivity (Wildman–Crippen MR) is 57.0 cm³/mol. The van der Waals surface area contributed by atoms with E-state index in [-0.39, 0.29) is 5.91 Å². The summed E-state index contributed by atoms with van der Waals surface area (Å²) in [5.41, 5.74) is 10.9. The Kier molecular flexibility index (Phi) is 2.31. The summed E-state index contributed by atoms with van der Waals surface area (Å²) >= 11 is 0. The molecule has 0 saturated carbocycles. The second kappa shape index (κ2) is 3.63. The van der Waals surface area contributed by atoms with Crippen LogP contribution in [-0.4, -0.2) is 12.5 Å². The van der Waals surface area contributed by atoms with Gasteiger partial charge in [0.25, 0.3) is 0 Å². The molecule has 0 N–H and O–H groups in total. The van der Waals surface area contributed by atoms with Crippen molar-refractivity contribution in [1.82, 2.24) is 0 Å². The van der Waals surface area contributed by atoms with Gasteiger partial charge < -0.3 is 4.90 Å². The van der Waals surface area contributed by atoms with Crippen LogP contribution in [0.15, 0.2) is 23.3 Å². The Morgan fingerprint density at radius 2 is 2.40 bits per heavy atom. The molecule has 1 amide bonds. The number of rotatable bonds is 1. The van der Waals surface area contributed by atoms with E-state index in [2.05, 4.69) is 10.0 Å². The van der Waals surface area contributed by atoms with Crippen molar-refractivity contribution in [3.05, 3.63) is 34.2 Å². The van der Waals surface area contributed by atoms with E-state index in [0.717, 1.165) is 17.7 Å². The van der Waals surface area contributed by atoms with E-state index in [4.69, 9.17) is 5.53 Å². The highest BCUT2D eigenvalue weighted by Gasteiger charge is 2.21. The Balaban J connectivity index is 2.46. The molecule has 1 aromatic carbocycles. The molecule has 0 radical (unpaired) electrons. The van der Waals surface area contributed by atoms with Gasteiger partial charge in [-0.2, -0.15) is 0 Å². The van der Waals surface area contributed by atoms with Crippen LogP contribution >= 0.6 is 0 Å². The molecule has 0 aromatic heterocycles. The highest BCUT2D eigenvalue weighted by molar-refractivity contribution is 5.94. The molecule has 0 saturated heterocycles. The molecule has 0 spiro atoms. The minimum Gasteiger partial charge on any atom is -0.312 e. The third kappa shape index (κ3) is 1.65. The van der Waals surface area contributed by atoms with Crippen LogP contribution in [0.1, 0.15) is 12.5 Å². The van der Waals surface area contributed by atoms with Crippen LogP contribution in [0.3, 0.4) is 0 Å². The maximum atomic E-state index is 11.3. The van der Waals surface area contributed by atoms with Gasteiger partial charge in [0.2, 0.25) is 5.91 Å². The number of anilines is 1. The number of benzene rings is 1. The molecule has 1 aromatic rings. The lowest BCUT2D eigenvalue weighted by Crippen LogP contribution is -2.25. The minimum atomic E-state index is 0.0202. The van der Waals surface area contributed by atoms with Crippen LogP contribution < -0.4 is 4.90 Å². The summed E-state index contributed by atoms with van der Waals surface area (Å²) in [6.07, 6.45) is 0.867. The van der Waals surface area contributed by atoms with Crippen LogP contribution in [0, 0.1) is 0 Å². The number of amides is 1. The third-order valence-electron chi connectivity index (χ3n) is 2.50. The number of hydrogen-bond donors (Lipinski definition) is 0. The van der Waals surface area contributed by atoms with Crippen LogP contribution in [0.4, 0.5) is 11.4 Å². The van der Waals surface area contributed by atoms with Crippen molar-refractivity contribution in [1.29, 1.82) is 0 Å². The number of carbonyl (C=O) groups excluding carboxylic acids is 1. The zero-order valence-corrected chi connectivity index (χ0v) is 8.34. The van der Waals surface area contributed by atoms with Gasteiger partial charge in [0.15, 0.2) is 0 Å². The van der Waals surface area contributed by atoms with Gasteiger partial charge in [-0.05, 0) is 23.6 Å². The molecule has 0 bridgehead atoms. The number of fused-ring (bicyclic) bond motifs is 1. The van der Waals surface area contributed by atoms with Gasteiger partial charge in [0.1, 0.15) is 0 Å². The standard InChI is InChI=1S/C10H10N4O/c1-7(15)14-5-4-8-2-3-9(12-13-11)6-10(8)14/h2-3,6H,4-5H2,1H3. The van der Waals surface area contributed by atoms with Crippen LogP contribution in [0.5, 0.6) is 0 Å². The molecular formula is C10H10N4O. The molecule has 0 fully saturated rings. The Morgan fingerprint density at radius 3 is 3.07 bits per heavy atom. The van der Waals surface area contributed by atoms with Gasteiger partial charge in [0.05, 0.1) is 0 Å². The Hall–Kier alpha value is -2.00. The average molecular weight is 202 g/mol. The van der Waals surface area contributed by atoms with Gasteiger partial charge in [-0.25, -0.2) is 0 Å². The molecule has 76 valence electrons. The van der Waals surface area contributed by atoms with E-state index >= 15 is 0 Å². The molecule has 5 heteroatoms. The summed E-state index contributed by atoms with van der Waals surface area (Å²) in [5, 5.41) is 3.52. The first-order valence-corrected chi connectivity index (χ1v) is 4.68. The van der Waals surface area contributed by atoms with Crippen molar-refractivity contribution in [2.45, 2.75) is 13.3 Å². The second-order valence-corrected chi connectivity index (χ2v) is 3.42. The van der Waals surface area contributed by atoms with Crippen molar-refractivity contribution < 1.29 is 4.79 Å². The van der Waals surface area contributed by atoms with E-state index in [0.29, 0.717) is 12.2 Å². The topological polar surface area (TPSA) is 69.1 Å². The van der Waals surface area contributed by atoms with E-state index in [1.165, 1.54) is 6.92 Å². The summed E-state index contributed by atoms with van der Waals surface area (Å²) in [5.74, 6) is 0.0202. The van der Waals surface area contributed by atoms with Gasteiger partial charge in [-0.3, -0.25) is 4.79 Å². The van der Waals surface area contributed by atoms with Crippen LogP contribution in [0.25, 0.3) is 10.4 Å². The summed E-state index contributed by atoms with van der Waals surface area (Å²) in [6, 6.07) is 5.42. The van der Waals surface area contributed by atoms with E-state index in [1.807, 2.05) is 6.07 Å². The summed E-state index contributed by atoms with van der Waals surface area (Å²) in [4.78, 5) is 15.7. The smallest absolute Gasteiger partial charge is 0.223 e. The van der Waals surface area contributed by atoms with Crippen molar-refractivity contribution in [3.63, 3.8) is 0 Å². The first-order chi connectivity index (χ1) is 7.22. The fraction of sp³-hybridized carbons (Fsp3) is 0.300. The highest BCUT2D eigenvalue weighted by Crippen LogP contribution is 2.31. The molecular weight excluding hydrogens is 192 g/mol. The van der Waals surface area contributed by atoms with Crippen molar-refractivity contribution in [3.8, 4) is 0 Å². The number of azide groups is 1. The summed E-state index contributed by atoms with van der Waals surface area (Å²) in [7, 11) is 0.